The van der Waals surface area contributed by atoms with E-state index in [4.69, 9.17) is 5.73 Å². The number of aryl methyl sites for hydroxylation is 1. The minimum Gasteiger partial charge on any atom is -0.357 e. The Morgan fingerprint density at radius 3 is 2.79 bits per heavy atom. The fourth-order valence-corrected chi connectivity index (χ4v) is 1.55. The Bertz CT molecular complexity index is 333. The molecule has 4 nitrogen and oxygen atoms in total. The van der Waals surface area contributed by atoms with Crippen molar-refractivity contribution in [3.8, 4) is 0 Å². The Morgan fingerprint density at radius 2 is 2.21 bits per heavy atom. The van der Waals surface area contributed by atoms with Crippen molar-refractivity contribution in [3.63, 3.8) is 0 Å². The number of nitrogens with two attached hydrogens (primary N) is 1. The number of nitrogens with zero attached hydrogens (tertiary/aromatic N) is 3. The van der Waals surface area contributed by atoms with Gasteiger partial charge in [-0.2, -0.15) is 0 Å². The second-order valence-corrected chi connectivity index (χ2v) is 3.81. The third-order valence-corrected chi connectivity index (χ3v) is 2.54. The molecule has 1 heterocycles. The lowest BCUT2D eigenvalue weighted by molar-refractivity contribution is 0.852. The topological polar surface area (TPSA) is 55.0 Å². The molecule has 1 aromatic rings. The minimum atomic E-state index is 0.481. The van der Waals surface area contributed by atoms with E-state index >= 15 is 0 Å². The van der Waals surface area contributed by atoms with Crippen molar-refractivity contribution in [2.24, 2.45) is 5.73 Å². The van der Waals surface area contributed by atoms with E-state index in [2.05, 4.69) is 21.9 Å². The Kier molecular flexibility index (Phi) is 2.37. The average molecular weight is 192 g/mol. The van der Waals surface area contributed by atoms with Crippen LogP contribution >= 0.6 is 0 Å². The molecule has 0 saturated heterocycles. The molecule has 1 aliphatic rings. The van der Waals surface area contributed by atoms with Crippen LogP contribution in [0.4, 0.5) is 5.82 Å². The van der Waals surface area contributed by atoms with E-state index in [9.17, 15) is 0 Å². The van der Waals surface area contributed by atoms with Gasteiger partial charge in [0.25, 0.3) is 0 Å². The fraction of sp³-hybridized carbons (Fsp3) is 0.600. The van der Waals surface area contributed by atoms with Gasteiger partial charge in [-0.15, -0.1) is 0 Å². The summed E-state index contributed by atoms with van der Waals surface area (Å²) >= 11 is 0. The highest BCUT2D eigenvalue weighted by atomic mass is 15.2. The molecule has 2 rings (SSSR count). The molecule has 0 amide bonds. The summed E-state index contributed by atoms with van der Waals surface area (Å²) in [6.07, 6.45) is 2.55. The quantitative estimate of drug-likeness (QED) is 0.771. The highest BCUT2D eigenvalue weighted by molar-refractivity contribution is 5.41. The molecule has 0 aliphatic heterocycles. The largest absolute Gasteiger partial charge is 0.357 e. The zero-order valence-electron chi connectivity index (χ0n) is 8.70. The van der Waals surface area contributed by atoms with Crippen LogP contribution in [0, 0.1) is 6.92 Å². The fourth-order valence-electron chi connectivity index (χ4n) is 1.55. The number of anilines is 1. The van der Waals surface area contributed by atoms with Crippen molar-refractivity contribution in [2.75, 3.05) is 11.9 Å². The molecule has 0 spiro atoms. The van der Waals surface area contributed by atoms with Crippen LogP contribution in [0.15, 0.2) is 6.07 Å². The van der Waals surface area contributed by atoms with Crippen molar-refractivity contribution < 1.29 is 0 Å². The summed E-state index contributed by atoms with van der Waals surface area (Å²) in [6.45, 7) is 2.39. The van der Waals surface area contributed by atoms with Gasteiger partial charge in [0.2, 0.25) is 0 Å². The molecule has 1 fully saturated rings. The summed E-state index contributed by atoms with van der Waals surface area (Å²) in [4.78, 5) is 10.9. The van der Waals surface area contributed by atoms with Crippen LogP contribution in [0.25, 0.3) is 0 Å². The van der Waals surface area contributed by atoms with Gasteiger partial charge in [-0.05, 0) is 19.8 Å². The van der Waals surface area contributed by atoms with Gasteiger partial charge in [0, 0.05) is 25.7 Å². The van der Waals surface area contributed by atoms with Gasteiger partial charge in [-0.25, -0.2) is 9.97 Å². The molecule has 0 bridgehead atoms. The summed E-state index contributed by atoms with van der Waals surface area (Å²) in [7, 11) is 2.08. The van der Waals surface area contributed by atoms with E-state index in [0.717, 1.165) is 17.3 Å². The SMILES string of the molecule is Cc1nc(CN)cc(N(C)C2CC2)n1. The Labute approximate surface area is 84.2 Å². The van der Waals surface area contributed by atoms with Crippen molar-refractivity contribution in [3.05, 3.63) is 17.6 Å². The molecule has 1 aromatic heterocycles. The molecule has 0 unspecified atom stereocenters. The predicted octanol–water partition coefficient (Wildman–Crippen LogP) is 0.842. The Balaban J connectivity index is 2.27. The summed E-state index contributed by atoms with van der Waals surface area (Å²) < 4.78 is 0. The maximum Gasteiger partial charge on any atom is 0.132 e. The number of hydrogen-bond acceptors (Lipinski definition) is 4. The third-order valence-electron chi connectivity index (χ3n) is 2.54. The van der Waals surface area contributed by atoms with Crippen LogP contribution in [0.3, 0.4) is 0 Å². The van der Waals surface area contributed by atoms with E-state index in [0.29, 0.717) is 12.6 Å². The summed E-state index contributed by atoms with van der Waals surface area (Å²) in [5.74, 6) is 1.80. The number of aromatic nitrogens is 2. The van der Waals surface area contributed by atoms with E-state index < -0.39 is 0 Å². The van der Waals surface area contributed by atoms with Gasteiger partial charge >= 0.3 is 0 Å². The standard InChI is InChI=1S/C10H16N4/c1-7-12-8(6-11)5-10(13-7)14(2)9-3-4-9/h5,9H,3-4,6,11H2,1-2H3. The number of hydrogen-bond donors (Lipinski definition) is 1. The smallest absolute Gasteiger partial charge is 0.132 e. The van der Waals surface area contributed by atoms with Crippen LogP contribution in [-0.2, 0) is 6.54 Å². The predicted molar refractivity (Wildman–Crippen MR) is 56.1 cm³/mol. The normalized spacial score (nSPS) is 15.6. The van der Waals surface area contributed by atoms with Gasteiger partial charge in [-0.1, -0.05) is 0 Å². The molecule has 0 radical (unpaired) electrons. The molecule has 76 valence electrons. The molecular weight excluding hydrogens is 176 g/mol. The number of rotatable bonds is 3. The Morgan fingerprint density at radius 1 is 1.50 bits per heavy atom. The maximum atomic E-state index is 5.57. The monoisotopic (exact) mass is 192 g/mol. The molecule has 1 aliphatic carbocycles. The lowest BCUT2D eigenvalue weighted by Crippen LogP contribution is -2.21. The highest BCUT2D eigenvalue weighted by Gasteiger charge is 2.27. The van der Waals surface area contributed by atoms with Crippen molar-refractivity contribution in [2.45, 2.75) is 32.4 Å². The third kappa shape index (κ3) is 1.85. The van der Waals surface area contributed by atoms with Gasteiger partial charge in [0.1, 0.15) is 11.6 Å². The van der Waals surface area contributed by atoms with Crippen molar-refractivity contribution in [1.82, 2.24) is 9.97 Å². The van der Waals surface area contributed by atoms with E-state index in [-0.39, 0.29) is 0 Å². The molecule has 0 aromatic carbocycles. The van der Waals surface area contributed by atoms with Crippen LogP contribution in [0.2, 0.25) is 0 Å². The van der Waals surface area contributed by atoms with E-state index in [1.165, 1.54) is 12.8 Å². The second-order valence-electron chi connectivity index (χ2n) is 3.81. The molecule has 1 saturated carbocycles. The maximum absolute atomic E-state index is 5.57. The van der Waals surface area contributed by atoms with Crippen molar-refractivity contribution in [1.29, 1.82) is 0 Å². The molecule has 0 atom stereocenters. The molecule has 2 N–H and O–H groups in total. The lowest BCUT2D eigenvalue weighted by atomic mass is 10.3. The molecular formula is C10H16N4. The summed E-state index contributed by atoms with van der Waals surface area (Å²) in [6, 6.07) is 2.65. The first kappa shape index (κ1) is 9.40. The first-order valence-corrected chi connectivity index (χ1v) is 4.98. The molecule has 14 heavy (non-hydrogen) atoms. The van der Waals surface area contributed by atoms with E-state index in [1.54, 1.807) is 0 Å². The van der Waals surface area contributed by atoms with Crippen molar-refractivity contribution >= 4 is 5.82 Å². The van der Waals surface area contributed by atoms with Crippen LogP contribution in [0.5, 0.6) is 0 Å². The highest BCUT2D eigenvalue weighted by Crippen LogP contribution is 2.29. The van der Waals surface area contributed by atoms with Gasteiger partial charge in [-0.3, -0.25) is 0 Å². The van der Waals surface area contributed by atoms with Gasteiger partial charge in [0.15, 0.2) is 0 Å². The first-order chi connectivity index (χ1) is 6.70. The minimum absolute atomic E-state index is 0.481. The van der Waals surface area contributed by atoms with E-state index in [1.807, 2.05) is 13.0 Å². The van der Waals surface area contributed by atoms with Crippen LogP contribution in [0.1, 0.15) is 24.4 Å². The average Bonchev–Trinajstić information content (AvgIpc) is 2.99. The van der Waals surface area contributed by atoms with Gasteiger partial charge in [0.05, 0.1) is 5.69 Å². The Hall–Kier alpha value is -1.16. The van der Waals surface area contributed by atoms with Gasteiger partial charge < -0.3 is 10.6 Å². The summed E-state index contributed by atoms with van der Waals surface area (Å²) in [5.41, 5.74) is 6.49. The second kappa shape index (κ2) is 3.53. The molecule has 4 heteroatoms. The van der Waals surface area contributed by atoms with Crippen LogP contribution in [-0.4, -0.2) is 23.1 Å². The lowest BCUT2D eigenvalue weighted by Gasteiger charge is -2.18. The first-order valence-electron chi connectivity index (χ1n) is 4.98. The zero-order chi connectivity index (χ0) is 10.1. The summed E-state index contributed by atoms with van der Waals surface area (Å²) in [5, 5.41) is 0. The van der Waals surface area contributed by atoms with Crippen LogP contribution < -0.4 is 10.6 Å². The zero-order valence-corrected chi connectivity index (χ0v) is 8.70.